The number of carbonyl (C=O) groups excluding carboxylic acids is 2. The van der Waals surface area contributed by atoms with E-state index in [0.29, 0.717) is 13.1 Å². The van der Waals surface area contributed by atoms with Crippen LogP contribution in [-0.4, -0.2) is 48.3 Å². The molecule has 1 amide bonds. The molecule has 1 fully saturated rings. The van der Waals surface area contributed by atoms with Gasteiger partial charge >= 0.3 is 5.97 Å². The average molecular weight is 293 g/mol. The lowest BCUT2D eigenvalue weighted by molar-refractivity contribution is -0.140. The topological polar surface area (TPSA) is 72.6 Å². The van der Waals surface area contributed by atoms with Gasteiger partial charge in [-0.3, -0.25) is 9.59 Å². The summed E-state index contributed by atoms with van der Waals surface area (Å²) in [7, 11) is 1.36. The van der Waals surface area contributed by atoms with Crippen LogP contribution in [0.3, 0.4) is 0 Å². The first-order valence-corrected chi connectivity index (χ1v) is 6.19. The van der Waals surface area contributed by atoms with Gasteiger partial charge in [0.05, 0.1) is 13.0 Å². The van der Waals surface area contributed by atoms with Crippen LogP contribution >= 0.6 is 15.9 Å². The van der Waals surface area contributed by atoms with Crippen LogP contribution in [0.2, 0.25) is 0 Å². The number of ether oxygens (including phenoxy) is 1. The first-order valence-electron chi connectivity index (χ1n) is 5.28. The molecule has 0 aliphatic carbocycles. The fourth-order valence-electron chi connectivity index (χ4n) is 1.88. The average Bonchev–Trinajstić information content (AvgIpc) is 2.28. The van der Waals surface area contributed by atoms with Gasteiger partial charge in [0.2, 0.25) is 5.91 Å². The molecule has 0 spiro atoms. The molecule has 0 aromatic carbocycles. The van der Waals surface area contributed by atoms with Crippen LogP contribution in [0, 0.1) is 5.92 Å². The molecule has 2 N–H and O–H groups in total. The maximum atomic E-state index is 11.2. The number of nitrogens with two attached hydrogens (primary N) is 1. The Hall–Kier alpha value is -0.620. The van der Waals surface area contributed by atoms with Gasteiger partial charge in [-0.15, -0.1) is 0 Å². The van der Waals surface area contributed by atoms with E-state index in [9.17, 15) is 9.59 Å². The smallest absolute Gasteiger partial charge is 0.320 e. The normalized spacial score (nSPS) is 23.8. The molecule has 6 heteroatoms. The van der Waals surface area contributed by atoms with Crippen molar-refractivity contribution >= 4 is 27.8 Å². The lowest BCUT2D eigenvalue weighted by Gasteiger charge is -2.31. The zero-order valence-electron chi connectivity index (χ0n) is 9.32. The summed E-state index contributed by atoms with van der Waals surface area (Å²) in [5, 5.41) is 0. The van der Waals surface area contributed by atoms with E-state index in [1.165, 1.54) is 7.11 Å². The second-order valence-electron chi connectivity index (χ2n) is 3.99. The summed E-state index contributed by atoms with van der Waals surface area (Å²) in [5.74, 6) is -0.638. The van der Waals surface area contributed by atoms with Crippen molar-refractivity contribution in [3.8, 4) is 0 Å². The molecule has 0 aromatic rings. The van der Waals surface area contributed by atoms with Gasteiger partial charge in [-0.1, -0.05) is 15.9 Å². The zero-order valence-corrected chi connectivity index (χ0v) is 10.9. The Morgan fingerprint density at radius 3 is 2.88 bits per heavy atom. The van der Waals surface area contributed by atoms with E-state index >= 15 is 0 Å². The van der Waals surface area contributed by atoms with Gasteiger partial charge in [0.1, 0.15) is 4.83 Å². The third-order valence-corrected chi connectivity index (χ3v) is 3.45. The van der Waals surface area contributed by atoms with E-state index in [2.05, 4.69) is 25.6 Å². The fraction of sp³-hybridized carbons (Fsp3) is 0.800. The van der Waals surface area contributed by atoms with Crippen LogP contribution < -0.4 is 5.73 Å². The Labute approximate surface area is 103 Å². The van der Waals surface area contributed by atoms with Gasteiger partial charge in [-0.05, 0) is 19.4 Å². The maximum Gasteiger partial charge on any atom is 0.320 e. The SMILES string of the molecule is COC(=O)C(Br)CN1CCCC(C(N)=O)C1. The van der Waals surface area contributed by atoms with Crippen molar-refractivity contribution in [3.63, 3.8) is 0 Å². The summed E-state index contributed by atoms with van der Waals surface area (Å²) >= 11 is 3.26. The minimum Gasteiger partial charge on any atom is -0.468 e. The molecule has 5 nitrogen and oxygen atoms in total. The largest absolute Gasteiger partial charge is 0.468 e. The summed E-state index contributed by atoms with van der Waals surface area (Å²) in [6.45, 7) is 2.08. The highest BCUT2D eigenvalue weighted by Crippen LogP contribution is 2.17. The summed E-state index contributed by atoms with van der Waals surface area (Å²) in [5.41, 5.74) is 5.28. The number of hydrogen-bond acceptors (Lipinski definition) is 4. The second kappa shape index (κ2) is 6.20. The number of methoxy groups -OCH3 is 1. The number of likely N-dealkylation sites (tertiary alicyclic amines) is 1. The molecule has 1 saturated heterocycles. The Bertz CT molecular complexity index is 273. The minimum atomic E-state index is -0.343. The van der Waals surface area contributed by atoms with E-state index in [4.69, 9.17) is 5.73 Å². The summed E-state index contributed by atoms with van der Waals surface area (Å²) in [6.07, 6.45) is 1.78. The standard InChI is InChI=1S/C10H17BrN2O3/c1-16-10(15)8(11)6-13-4-2-3-7(5-13)9(12)14/h7-8H,2-6H2,1H3,(H2,12,14). The highest BCUT2D eigenvalue weighted by molar-refractivity contribution is 9.10. The van der Waals surface area contributed by atoms with Crippen LogP contribution in [0.15, 0.2) is 0 Å². The van der Waals surface area contributed by atoms with Crippen LogP contribution in [0.4, 0.5) is 0 Å². The molecule has 0 radical (unpaired) electrons. The highest BCUT2D eigenvalue weighted by Gasteiger charge is 2.27. The van der Waals surface area contributed by atoms with Gasteiger partial charge in [0.25, 0.3) is 0 Å². The molecule has 1 heterocycles. The van der Waals surface area contributed by atoms with E-state index in [1.54, 1.807) is 0 Å². The van der Waals surface area contributed by atoms with E-state index < -0.39 is 0 Å². The van der Waals surface area contributed by atoms with Gasteiger partial charge in [0.15, 0.2) is 0 Å². The molecule has 2 atom stereocenters. The first-order chi connectivity index (χ1) is 7.54. The number of piperidine rings is 1. The summed E-state index contributed by atoms with van der Waals surface area (Å²) in [4.78, 5) is 24.0. The van der Waals surface area contributed by atoms with Gasteiger partial charge in [-0.25, -0.2) is 0 Å². The molecule has 0 bridgehead atoms. The third-order valence-electron chi connectivity index (χ3n) is 2.78. The predicted octanol–water partition coefficient (Wildman–Crippen LogP) is 0.120. The van der Waals surface area contributed by atoms with Gasteiger partial charge in [-0.2, -0.15) is 0 Å². The Morgan fingerprint density at radius 1 is 1.62 bits per heavy atom. The molecule has 2 unspecified atom stereocenters. The number of esters is 1. The van der Waals surface area contributed by atoms with E-state index in [1.807, 2.05) is 0 Å². The summed E-state index contributed by atoms with van der Waals surface area (Å²) < 4.78 is 4.62. The van der Waals surface area contributed by atoms with Crippen molar-refractivity contribution in [2.45, 2.75) is 17.7 Å². The monoisotopic (exact) mass is 292 g/mol. The van der Waals surface area contributed by atoms with Crippen LogP contribution in [-0.2, 0) is 14.3 Å². The van der Waals surface area contributed by atoms with Crippen molar-refractivity contribution < 1.29 is 14.3 Å². The number of rotatable bonds is 4. The lowest BCUT2D eigenvalue weighted by atomic mass is 9.97. The molecule has 0 aromatic heterocycles. The van der Waals surface area contributed by atoms with E-state index in [0.717, 1.165) is 19.4 Å². The van der Waals surface area contributed by atoms with Crippen molar-refractivity contribution in [1.82, 2.24) is 4.90 Å². The number of amides is 1. The van der Waals surface area contributed by atoms with Gasteiger partial charge in [0, 0.05) is 13.1 Å². The molecule has 1 aliphatic rings. The number of carbonyl (C=O) groups is 2. The van der Waals surface area contributed by atoms with Crippen LogP contribution in [0.5, 0.6) is 0 Å². The summed E-state index contributed by atoms with van der Waals surface area (Å²) in [6, 6.07) is 0. The quantitative estimate of drug-likeness (QED) is 0.590. The molecular weight excluding hydrogens is 276 g/mol. The number of primary amides is 1. The number of hydrogen-bond donors (Lipinski definition) is 1. The maximum absolute atomic E-state index is 11.2. The molecule has 1 aliphatic heterocycles. The molecule has 92 valence electrons. The van der Waals surface area contributed by atoms with Crippen LogP contribution in [0.25, 0.3) is 0 Å². The van der Waals surface area contributed by atoms with Crippen molar-refractivity contribution in [3.05, 3.63) is 0 Å². The van der Waals surface area contributed by atoms with E-state index in [-0.39, 0.29) is 22.6 Å². The van der Waals surface area contributed by atoms with Crippen LogP contribution in [0.1, 0.15) is 12.8 Å². The zero-order chi connectivity index (χ0) is 12.1. The van der Waals surface area contributed by atoms with Crippen molar-refractivity contribution in [1.29, 1.82) is 0 Å². The first kappa shape index (κ1) is 13.4. The Balaban J connectivity index is 2.42. The number of halogens is 1. The number of alkyl halides is 1. The molecule has 1 rings (SSSR count). The van der Waals surface area contributed by atoms with Crippen molar-refractivity contribution in [2.75, 3.05) is 26.7 Å². The molecule has 0 saturated carbocycles. The fourth-order valence-corrected chi connectivity index (χ4v) is 2.48. The number of nitrogens with zero attached hydrogens (tertiary/aromatic N) is 1. The Kier molecular flexibility index (Phi) is 5.21. The second-order valence-corrected chi connectivity index (χ2v) is 5.10. The highest BCUT2D eigenvalue weighted by atomic mass is 79.9. The third kappa shape index (κ3) is 3.75. The molecule has 16 heavy (non-hydrogen) atoms. The lowest BCUT2D eigenvalue weighted by Crippen LogP contribution is -2.44. The predicted molar refractivity (Wildman–Crippen MR) is 63.1 cm³/mol. The Morgan fingerprint density at radius 2 is 2.31 bits per heavy atom. The minimum absolute atomic E-state index is 0.0916. The van der Waals surface area contributed by atoms with Crippen molar-refractivity contribution in [2.24, 2.45) is 11.7 Å². The van der Waals surface area contributed by atoms with Gasteiger partial charge < -0.3 is 15.4 Å². The molecular formula is C10H17BrN2O3.